The van der Waals surface area contributed by atoms with Crippen molar-refractivity contribution < 1.29 is 17.2 Å². The van der Waals surface area contributed by atoms with E-state index >= 15 is 0 Å². The zero-order chi connectivity index (χ0) is 14.8. The lowest BCUT2D eigenvalue weighted by Crippen LogP contribution is -2.24. The molecule has 7 heteroatoms. The Labute approximate surface area is 123 Å². The third kappa shape index (κ3) is 3.41. The quantitative estimate of drug-likeness (QED) is 0.908. The maximum atomic E-state index is 13.5. The third-order valence-electron chi connectivity index (χ3n) is 2.59. The molecule has 0 atom stereocenters. The molecule has 1 N–H and O–H groups in total. The van der Waals surface area contributed by atoms with Crippen molar-refractivity contribution in [1.29, 1.82) is 0 Å². The second kappa shape index (κ2) is 5.99. The highest BCUT2D eigenvalue weighted by molar-refractivity contribution is 9.10. The molecule has 0 radical (unpaired) electrons. The van der Waals surface area contributed by atoms with E-state index in [1.165, 1.54) is 0 Å². The van der Waals surface area contributed by atoms with Gasteiger partial charge in [0.2, 0.25) is 10.0 Å². The molecule has 106 valence electrons. The third-order valence-corrected chi connectivity index (χ3v) is 4.80. The molecule has 20 heavy (non-hydrogen) atoms. The molecule has 0 aliphatic rings. The van der Waals surface area contributed by atoms with Crippen LogP contribution in [0.25, 0.3) is 0 Å². The summed E-state index contributed by atoms with van der Waals surface area (Å²) >= 11 is 3.29. The van der Waals surface area contributed by atoms with Crippen LogP contribution in [0.5, 0.6) is 0 Å². The fourth-order valence-electron chi connectivity index (χ4n) is 1.59. The second-order valence-electron chi connectivity index (χ2n) is 3.99. The fourth-order valence-corrected chi connectivity index (χ4v) is 3.07. The van der Waals surface area contributed by atoms with E-state index in [0.717, 1.165) is 16.6 Å². The summed E-state index contributed by atoms with van der Waals surface area (Å²) in [6.07, 6.45) is 0. The molecule has 0 saturated carbocycles. The van der Waals surface area contributed by atoms with Crippen LogP contribution in [0.1, 0.15) is 5.56 Å². The molecule has 0 bridgehead atoms. The van der Waals surface area contributed by atoms with Crippen LogP contribution in [-0.2, 0) is 16.6 Å². The molecular weight excluding hydrogens is 352 g/mol. The smallest absolute Gasteiger partial charge is 0.207 e. The van der Waals surface area contributed by atoms with E-state index in [2.05, 4.69) is 20.7 Å². The van der Waals surface area contributed by atoms with Gasteiger partial charge in [0.15, 0.2) is 0 Å². The van der Waals surface area contributed by atoms with Gasteiger partial charge in [0.25, 0.3) is 0 Å². The van der Waals surface area contributed by atoms with Gasteiger partial charge < -0.3 is 0 Å². The van der Waals surface area contributed by atoms with Crippen LogP contribution >= 0.6 is 15.9 Å². The van der Waals surface area contributed by atoms with E-state index < -0.39 is 26.6 Å². The second-order valence-corrected chi connectivity index (χ2v) is 6.58. The van der Waals surface area contributed by atoms with Crippen molar-refractivity contribution in [2.24, 2.45) is 0 Å². The Balaban J connectivity index is 2.22. The first-order valence-corrected chi connectivity index (χ1v) is 7.86. The Hall–Kier alpha value is -1.31. The molecule has 2 aromatic carbocycles. The van der Waals surface area contributed by atoms with E-state index in [0.29, 0.717) is 11.6 Å². The maximum absolute atomic E-state index is 13.5. The standard InChI is InChI=1S/C13H10BrF2NO2S/c14-11-4-2-1-3-9(11)8-17-20(18,19)13-6-5-10(15)7-12(13)16/h1-7,17H,8H2. The minimum absolute atomic E-state index is 0.000569. The Morgan fingerprint density at radius 3 is 2.45 bits per heavy atom. The summed E-state index contributed by atoms with van der Waals surface area (Å²) in [6.45, 7) is 0.000569. The van der Waals surface area contributed by atoms with Crippen LogP contribution in [0.15, 0.2) is 51.8 Å². The number of benzene rings is 2. The lowest BCUT2D eigenvalue weighted by atomic mass is 10.2. The van der Waals surface area contributed by atoms with Gasteiger partial charge in [0, 0.05) is 17.1 Å². The highest BCUT2D eigenvalue weighted by Crippen LogP contribution is 2.18. The molecule has 0 aliphatic heterocycles. The molecule has 3 nitrogen and oxygen atoms in total. The maximum Gasteiger partial charge on any atom is 0.243 e. The first kappa shape index (κ1) is 15.1. The molecule has 0 heterocycles. The largest absolute Gasteiger partial charge is 0.243 e. The average Bonchev–Trinajstić information content (AvgIpc) is 2.37. The van der Waals surface area contributed by atoms with Gasteiger partial charge in [-0.15, -0.1) is 0 Å². The van der Waals surface area contributed by atoms with Crippen LogP contribution in [-0.4, -0.2) is 8.42 Å². The molecule has 0 unspecified atom stereocenters. The van der Waals surface area contributed by atoms with Crippen molar-refractivity contribution in [3.63, 3.8) is 0 Å². The Bertz CT molecular complexity index is 735. The fraction of sp³-hybridized carbons (Fsp3) is 0.0769. The molecule has 0 aliphatic carbocycles. The first-order chi connectivity index (χ1) is 9.40. The SMILES string of the molecule is O=S(=O)(NCc1ccccc1Br)c1ccc(F)cc1F. The molecule has 2 rings (SSSR count). The van der Waals surface area contributed by atoms with Crippen molar-refractivity contribution in [3.05, 3.63) is 64.1 Å². The average molecular weight is 362 g/mol. The highest BCUT2D eigenvalue weighted by Gasteiger charge is 2.19. The predicted molar refractivity (Wildman–Crippen MR) is 74.5 cm³/mol. The van der Waals surface area contributed by atoms with Crippen molar-refractivity contribution in [2.45, 2.75) is 11.4 Å². The van der Waals surface area contributed by atoms with Crippen molar-refractivity contribution >= 4 is 26.0 Å². The first-order valence-electron chi connectivity index (χ1n) is 5.58. The molecule has 2 aromatic rings. The zero-order valence-electron chi connectivity index (χ0n) is 10.1. The van der Waals surface area contributed by atoms with Crippen molar-refractivity contribution in [3.8, 4) is 0 Å². The highest BCUT2D eigenvalue weighted by atomic mass is 79.9. The van der Waals surface area contributed by atoms with Gasteiger partial charge in [-0.3, -0.25) is 0 Å². The summed E-state index contributed by atoms with van der Waals surface area (Å²) in [7, 11) is -4.04. The molecule has 0 aromatic heterocycles. The Morgan fingerprint density at radius 2 is 1.80 bits per heavy atom. The summed E-state index contributed by atoms with van der Waals surface area (Å²) in [5.74, 6) is -1.95. The van der Waals surface area contributed by atoms with E-state index in [-0.39, 0.29) is 6.54 Å². The minimum Gasteiger partial charge on any atom is -0.207 e. The van der Waals surface area contributed by atoms with E-state index in [1.54, 1.807) is 24.3 Å². The summed E-state index contributed by atoms with van der Waals surface area (Å²) in [4.78, 5) is -0.578. The monoisotopic (exact) mass is 361 g/mol. The molecule has 0 saturated heterocycles. The number of rotatable bonds is 4. The summed E-state index contributed by atoms with van der Waals surface area (Å²) < 4.78 is 53.2. The zero-order valence-corrected chi connectivity index (χ0v) is 12.5. The van der Waals surface area contributed by atoms with Crippen LogP contribution in [0.4, 0.5) is 8.78 Å². The number of hydrogen-bond acceptors (Lipinski definition) is 2. The summed E-state index contributed by atoms with van der Waals surface area (Å²) in [6, 6.07) is 9.38. The lowest BCUT2D eigenvalue weighted by Gasteiger charge is -2.09. The van der Waals surface area contributed by atoms with Gasteiger partial charge in [-0.2, -0.15) is 0 Å². The van der Waals surface area contributed by atoms with E-state index in [9.17, 15) is 17.2 Å². The Kier molecular flexibility index (Phi) is 4.52. The summed E-state index contributed by atoms with van der Waals surface area (Å²) in [5.41, 5.74) is 0.707. The van der Waals surface area contributed by atoms with Crippen LogP contribution in [0.2, 0.25) is 0 Å². The minimum atomic E-state index is -4.04. The molecule has 0 amide bonds. The van der Waals surface area contributed by atoms with Gasteiger partial charge in [-0.05, 0) is 23.8 Å². The lowest BCUT2D eigenvalue weighted by molar-refractivity contribution is 0.543. The topological polar surface area (TPSA) is 46.2 Å². The van der Waals surface area contributed by atoms with E-state index in [4.69, 9.17) is 0 Å². The van der Waals surface area contributed by atoms with Crippen LogP contribution in [0, 0.1) is 11.6 Å². The number of hydrogen-bond donors (Lipinski definition) is 1. The van der Waals surface area contributed by atoms with Gasteiger partial charge in [0.1, 0.15) is 16.5 Å². The van der Waals surface area contributed by atoms with Crippen LogP contribution in [0.3, 0.4) is 0 Å². The Morgan fingerprint density at radius 1 is 1.10 bits per heavy atom. The van der Waals surface area contributed by atoms with E-state index in [1.807, 2.05) is 0 Å². The van der Waals surface area contributed by atoms with Crippen molar-refractivity contribution in [2.75, 3.05) is 0 Å². The number of nitrogens with one attached hydrogen (secondary N) is 1. The molecule has 0 fully saturated rings. The van der Waals surface area contributed by atoms with Gasteiger partial charge in [-0.1, -0.05) is 34.1 Å². The van der Waals surface area contributed by atoms with Crippen molar-refractivity contribution in [1.82, 2.24) is 4.72 Å². The van der Waals surface area contributed by atoms with Gasteiger partial charge in [-0.25, -0.2) is 21.9 Å². The van der Waals surface area contributed by atoms with Crippen LogP contribution < -0.4 is 4.72 Å². The molecular formula is C13H10BrF2NO2S. The predicted octanol–water partition coefficient (Wildman–Crippen LogP) is 3.21. The van der Waals surface area contributed by atoms with Gasteiger partial charge in [0.05, 0.1) is 0 Å². The number of sulfonamides is 1. The normalized spacial score (nSPS) is 11.6. The molecule has 0 spiro atoms. The van der Waals surface area contributed by atoms with Gasteiger partial charge >= 0.3 is 0 Å². The summed E-state index contributed by atoms with van der Waals surface area (Å²) in [5, 5.41) is 0. The number of halogens is 3.